The summed E-state index contributed by atoms with van der Waals surface area (Å²) in [5.41, 5.74) is 16.1. The molecular weight excluding hydrogens is 516 g/mol. The SMILES string of the molecule is CC1=CN2c3c(ccc4c3Cc3ccccc3-4)CC2N1C.CC1=CN2c3c(ccc4c3oc3ccccc34)CC2N1C. The van der Waals surface area contributed by atoms with E-state index < -0.39 is 0 Å². The van der Waals surface area contributed by atoms with Gasteiger partial charge in [0.25, 0.3) is 0 Å². The molecule has 5 heterocycles. The molecule has 1 aliphatic carbocycles. The molecule has 0 fully saturated rings. The summed E-state index contributed by atoms with van der Waals surface area (Å²) in [5.74, 6) is 0. The summed E-state index contributed by atoms with van der Waals surface area (Å²) < 4.78 is 6.18. The van der Waals surface area contributed by atoms with E-state index >= 15 is 0 Å². The van der Waals surface area contributed by atoms with Crippen LogP contribution in [0, 0.1) is 0 Å². The lowest BCUT2D eigenvalue weighted by Crippen LogP contribution is -2.34. The molecule has 0 amide bonds. The molecule has 5 aliphatic rings. The van der Waals surface area contributed by atoms with Crippen LogP contribution in [0.2, 0.25) is 0 Å². The maximum absolute atomic E-state index is 6.18. The first-order valence-electron chi connectivity index (χ1n) is 15.0. The summed E-state index contributed by atoms with van der Waals surface area (Å²) in [6, 6.07) is 26.3. The Morgan fingerprint density at radius 1 is 0.619 bits per heavy atom. The number of likely N-dealkylation sites (N-methyl/N-ethyl adjacent to an activating group) is 2. The maximum atomic E-state index is 6.18. The summed E-state index contributed by atoms with van der Waals surface area (Å²) in [5, 5.41) is 2.41. The van der Waals surface area contributed by atoms with Crippen LogP contribution in [0.5, 0.6) is 0 Å². The van der Waals surface area contributed by atoms with Gasteiger partial charge in [0.1, 0.15) is 17.9 Å². The zero-order valence-electron chi connectivity index (χ0n) is 24.6. The van der Waals surface area contributed by atoms with Gasteiger partial charge in [-0.25, -0.2) is 0 Å². The third-order valence-electron chi connectivity index (χ3n) is 10.3. The molecule has 0 N–H and O–H groups in total. The maximum Gasteiger partial charge on any atom is 0.159 e. The van der Waals surface area contributed by atoms with Crippen LogP contribution in [0.4, 0.5) is 11.4 Å². The summed E-state index contributed by atoms with van der Waals surface area (Å²) in [6.07, 6.45) is 8.70. The van der Waals surface area contributed by atoms with Gasteiger partial charge < -0.3 is 24.0 Å². The van der Waals surface area contributed by atoms with Gasteiger partial charge in [-0.15, -0.1) is 0 Å². The molecule has 10 rings (SSSR count). The first-order valence-corrected chi connectivity index (χ1v) is 15.0. The van der Waals surface area contributed by atoms with Gasteiger partial charge in [-0.1, -0.05) is 66.7 Å². The van der Waals surface area contributed by atoms with E-state index in [4.69, 9.17) is 4.42 Å². The largest absolute Gasteiger partial charge is 0.454 e. The summed E-state index contributed by atoms with van der Waals surface area (Å²) in [6.45, 7) is 4.37. The van der Waals surface area contributed by atoms with Crippen LogP contribution in [0.3, 0.4) is 0 Å². The summed E-state index contributed by atoms with van der Waals surface area (Å²) >= 11 is 0. The molecule has 4 aliphatic heterocycles. The molecule has 2 unspecified atom stereocenters. The van der Waals surface area contributed by atoms with Crippen molar-refractivity contribution < 1.29 is 4.42 Å². The van der Waals surface area contributed by atoms with Crippen LogP contribution in [-0.4, -0.2) is 36.2 Å². The summed E-state index contributed by atoms with van der Waals surface area (Å²) in [4.78, 5) is 9.60. The molecule has 4 aromatic carbocycles. The number of para-hydroxylation sites is 1. The second kappa shape index (κ2) is 8.45. The van der Waals surface area contributed by atoms with Gasteiger partial charge >= 0.3 is 0 Å². The van der Waals surface area contributed by atoms with E-state index in [0.717, 1.165) is 30.4 Å². The van der Waals surface area contributed by atoms with E-state index in [1.807, 2.05) is 12.1 Å². The van der Waals surface area contributed by atoms with E-state index in [0.29, 0.717) is 12.3 Å². The Bertz CT molecular complexity index is 2020. The van der Waals surface area contributed by atoms with Crippen molar-refractivity contribution in [2.75, 3.05) is 23.9 Å². The minimum atomic E-state index is 0.402. The van der Waals surface area contributed by atoms with Gasteiger partial charge in [-0.05, 0) is 53.3 Å². The normalized spacial score (nSPS) is 20.7. The molecule has 0 saturated carbocycles. The van der Waals surface area contributed by atoms with Gasteiger partial charge in [0.15, 0.2) is 5.58 Å². The lowest BCUT2D eigenvalue weighted by molar-refractivity contribution is 0.344. The Morgan fingerprint density at radius 3 is 2.05 bits per heavy atom. The van der Waals surface area contributed by atoms with Crippen LogP contribution in [0.15, 0.2) is 101 Å². The second-order valence-electron chi connectivity index (χ2n) is 12.4. The van der Waals surface area contributed by atoms with Crippen molar-refractivity contribution >= 4 is 33.3 Å². The molecule has 0 spiro atoms. The van der Waals surface area contributed by atoms with Crippen LogP contribution in [0.1, 0.15) is 36.1 Å². The Kier molecular flexibility index (Phi) is 4.83. The number of nitrogens with zero attached hydrogens (tertiary/aromatic N) is 4. The number of hydrogen-bond acceptors (Lipinski definition) is 5. The first-order chi connectivity index (χ1) is 20.5. The number of rotatable bonds is 0. The average molecular weight is 551 g/mol. The van der Waals surface area contributed by atoms with Crippen molar-refractivity contribution in [1.82, 2.24) is 9.80 Å². The third-order valence-corrected chi connectivity index (χ3v) is 10.3. The van der Waals surface area contributed by atoms with E-state index in [1.165, 1.54) is 66.9 Å². The molecule has 208 valence electrons. The van der Waals surface area contributed by atoms with E-state index in [9.17, 15) is 0 Å². The fraction of sp³-hybridized carbons (Fsp3) is 0.243. The first kappa shape index (κ1) is 24.0. The van der Waals surface area contributed by atoms with Crippen molar-refractivity contribution in [3.63, 3.8) is 0 Å². The topological polar surface area (TPSA) is 26.1 Å². The van der Waals surface area contributed by atoms with Gasteiger partial charge in [0.05, 0.1) is 11.4 Å². The molecule has 0 radical (unpaired) electrons. The summed E-state index contributed by atoms with van der Waals surface area (Å²) in [7, 11) is 4.37. The second-order valence-corrected chi connectivity index (χ2v) is 12.4. The molecule has 5 heteroatoms. The predicted octanol–water partition coefficient (Wildman–Crippen LogP) is 7.83. The van der Waals surface area contributed by atoms with Gasteiger partial charge in [0, 0.05) is 67.9 Å². The van der Waals surface area contributed by atoms with E-state index in [-0.39, 0.29) is 0 Å². The third kappa shape index (κ3) is 3.14. The molecule has 2 atom stereocenters. The quantitative estimate of drug-likeness (QED) is 0.192. The highest BCUT2D eigenvalue weighted by Gasteiger charge is 2.40. The Balaban J connectivity index is 0.000000119. The highest BCUT2D eigenvalue weighted by molar-refractivity contribution is 6.10. The van der Waals surface area contributed by atoms with Crippen LogP contribution >= 0.6 is 0 Å². The molecule has 0 saturated heterocycles. The molecule has 1 aromatic heterocycles. The molecule has 0 bridgehead atoms. The van der Waals surface area contributed by atoms with Crippen molar-refractivity contribution in [1.29, 1.82) is 0 Å². The standard InChI is InChI=1S/C19H18N2.C18H16N2O/c1-12-11-21-18(20(12)2)10-14-7-8-16-15-6-4-3-5-13(15)9-17(16)19(14)21;1-11-10-20-16(19(11)2)9-12-7-8-14-13-5-3-4-6-15(13)21-18(14)17(12)20/h3-8,11,18H,9-10H2,1-2H3;3-8,10,16H,9H2,1-2H3. The lowest BCUT2D eigenvalue weighted by Gasteiger charge is -2.25. The molecule has 5 aromatic rings. The Hall–Kier alpha value is -4.64. The van der Waals surface area contributed by atoms with Gasteiger partial charge in [-0.3, -0.25) is 0 Å². The number of furan rings is 1. The molecular formula is C37H34N4O. The lowest BCUT2D eigenvalue weighted by atomic mass is 10.0. The zero-order chi connectivity index (χ0) is 28.3. The number of anilines is 2. The average Bonchev–Trinajstić information content (AvgIpc) is 3.82. The predicted molar refractivity (Wildman–Crippen MR) is 171 cm³/mol. The van der Waals surface area contributed by atoms with Crippen LogP contribution in [0.25, 0.3) is 33.1 Å². The number of allylic oxidation sites excluding steroid dienone is 2. The van der Waals surface area contributed by atoms with E-state index in [2.05, 4.69) is 121 Å². The smallest absolute Gasteiger partial charge is 0.159 e. The monoisotopic (exact) mass is 550 g/mol. The fourth-order valence-electron chi connectivity index (χ4n) is 7.88. The van der Waals surface area contributed by atoms with Crippen molar-refractivity contribution in [2.24, 2.45) is 0 Å². The van der Waals surface area contributed by atoms with Crippen LogP contribution in [-0.2, 0) is 19.3 Å². The highest BCUT2D eigenvalue weighted by Crippen LogP contribution is 2.49. The number of hydrogen-bond donors (Lipinski definition) is 0. The van der Waals surface area contributed by atoms with Crippen molar-refractivity contribution in [2.45, 2.75) is 45.4 Å². The Labute approximate surface area is 246 Å². The Morgan fingerprint density at radius 2 is 1.26 bits per heavy atom. The van der Waals surface area contributed by atoms with Crippen molar-refractivity contribution in [3.05, 3.63) is 119 Å². The number of fused-ring (bicyclic) bond motifs is 14. The van der Waals surface area contributed by atoms with Crippen LogP contribution < -0.4 is 9.80 Å². The van der Waals surface area contributed by atoms with Gasteiger partial charge in [0.2, 0.25) is 0 Å². The van der Waals surface area contributed by atoms with Gasteiger partial charge in [-0.2, -0.15) is 0 Å². The van der Waals surface area contributed by atoms with Crippen molar-refractivity contribution in [3.8, 4) is 11.1 Å². The molecule has 5 nitrogen and oxygen atoms in total. The molecule has 42 heavy (non-hydrogen) atoms. The minimum absolute atomic E-state index is 0.402. The van der Waals surface area contributed by atoms with E-state index in [1.54, 1.807) is 0 Å². The highest BCUT2D eigenvalue weighted by atomic mass is 16.3. The zero-order valence-corrected chi connectivity index (χ0v) is 24.6. The minimum Gasteiger partial charge on any atom is -0.454 e. The number of benzene rings is 4. The fourth-order valence-corrected chi connectivity index (χ4v) is 7.88.